The molecule has 0 saturated heterocycles. The SMILES string of the molecule is CC(C)OC(=O)C=CC1C(C(=O)O[C@H](C)c2cccc(Oc3ccccc3)c2)C1(C)C. The summed E-state index contributed by atoms with van der Waals surface area (Å²) in [6.45, 7) is 9.45. The summed E-state index contributed by atoms with van der Waals surface area (Å²) >= 11 is 0. The number of esters is 2. The van der Waals surface area contributed by atoms with Gasteiger partial charge in [0.1, 0.15) is 17.6 Å². The number of ether oxygens (including phenoxy) is 3. The third kappa shape index (κ3) is 5.75. The lowest BCUT2D eigenvalue weighted by Crippen LogP contribution is -2.13. The molecule has 5 heteroatoms. The van der Waals surface area contributed by atoms with Crippen molar-refractivity contribution in [1.82, 2.24) is 0 Å². The summed E-state index contributed by atoms with van der Waals surface area (Å²) < 4.78 is 16.7. The van der Waals surface area contributed by atoms with Crippen LogP contribution in [0.1, 0.15) is 46.3 Å². The average Bonchev–Trinajstić information content (AvgIpc) is 3.27. The molecule has 2 aromatic carbocycles. The summed E-state index contributed by atoms with van der Waals surface area (Å²) in [7, 11) is 0. The van der Waals surface area contributed by atoms with Gasteiger partial charge in [0.15, 0.2) is 0 Å². The van der Waals surface area contributed by atoms with E-state index in [2.05, 4.69) is 0 Å². The zero-order valence-corrected chi connectivity index (χ0v) is 18.7. The second kappa shape index (κ2) is 9.38. The molecule has 3 atom stereocenters. The first-order chi connectivity index (χ1) is 14.7. The molecular weight excluding hydrogens is 392 g/mol. The number of carbonyl (C=O) groups excluding carboxylic acids is 2. The van der Waals surface area contributed by atoms with Crippen LogP contribution < -0.4 is 4.74 Å². The van der Waals surface area contributed by atoms with E-state index in [-0.39, 0.29) is 29.3 Å². The Morgan fingerprint density at radius 2 is 1.61 bits per heavy atom. The van der Waals surface area contributed by atoms with Crippen molar-refractivity contribution in [1.29, 1.82) is 0 Å². The molecule has 0 N–H and O–H groups in total. The van der Waals surface area contributed by atoms with Gasteiger partial charge in [-0.25, -0.2) is 4.79 Å². The molecule has 0 aliphatic heterocycles. The third-order valence-corrected chi connectivity index (χ3v) is 5.56. The molecule has 164 valence electrons. The molecule has 0 spiro atoms. The Morgan fingerprint density at radius 1 is 0.935 bits per heavy atom. The van der Waals surface area contributed by atoms with Crippen molar-refractivity contribution in [3.63, 3.8) is 0 Å². The molecule has 2 aromatic rings. The van der Waals surface area contributed by atoms with Crippen molar-refractivity contribution in [2.24, 2.45) is 17.3 Å². The normalized spacial score (nSPS) is 20.3. The lowest BCUT2D eigenvalue weighted by atomic mass is 10.1. The standard InChI is InChI=1S/C26H30O5/c1-17(2)29-23(27)15-14-22-24(26(22,4)5)25(28)30-18(3)19-10-9-13-21(16-19)31-20-11-7-6-8-12-20/h6-18,22,24H,1-5H3/t18-,22?,24?/m1/s1. The first-order valence-electron chi connectivity index (χ1n) is 10.6. The number of hydrogen-bond acceptors (Lipinski definition) is 5. The fourth-order valence-electron chi connectivity index (χ4n) is 3.71. The summed E-state index contributed by atoms with van der Waals surface area (Å²) in [5.74, 6) is 0.422. The molecule has 0 aromatic heterocycles. The first kappa shape index (κ1) is 22.6. The second-order valence-corrected chi connectivity index (χ2v) is 8.74. The van der Waals surface area contributed by atoms with E-state index in [1.54, 1.807) is 19.9 Å². The van der Waals surface area contributed by atoms with E-state index in [1.165, 1.54) is 6.08 Å². The summed E-state index contributed by atoms with van der Waals surface area (Å²) in [6, 6.07) is 17.1. The maximum atomic E-state index is 12.8. The van der Waals surface area contributed by atoms with Crippen LogP contribution in [-0.4, -0.2) is 18.0 Å². The van der Waals surface area contributed by atoms with E-state index in [0.29, 0.717) is 5.75 Å². The lowest BCUT2D eigenvalue weighted by molar-refractivity contribution is -0.151. The molecule has 2 unspecified atom stereocenters. The highest BCUT2D eigenvalue weighted by molar-refractivity contribution is 5.83. The van der Waals surface area contributed by atoms with E-state index in [1.807, 2.05) is 75.4 Å². The van der Waals surface area contributed by atoms with Crippen LogP contribution in [0.25, 0.3) is 0 Å². The van der Waals surface area contributed by atoms with Crippen molar-refractivity contribution in [2.75, 3.05) is 0 Å². The van der Waals surface area contributed by atoms with Gasteiger partial charge in [-0.15, -0.1) is 0 Å². The largest absolute Gasteiger partial charge is 0.460 e. The highest BCUT2D eigenvalue weighted by Gasteiger charge is 2.61. The Kier molecular flexibility index (Phi) is 6.84. The van der Waals surface area contributed by atoms with Crippen molar-refractivity contribution >= 4 is 11.9 Å². The molecular formula is C26H30O5. The summed E-state index contributed by atoms with van der Waals surface area (Å²) in [6.07, 6.45) is 2.58. The second-order valence-electron chi connectivity index (χ2n) is 8.74. The number of carbonyl (C=O) groups is 2. The predicted molar refractivity (Wildman–Crippen MR) is 119 cm³/mol. The molecule has 5 nitrogen and oxygen atoms in total. The average molecular weight is 423 g/mol. The van der Waals surface area contributed by atoms with Crippen molar-refractivity contribution in [2.45, 2.75) is 46.8 Å². The van der Waals surface area contributed by atoms with Crippen LogP contribution in [0, 0.1) is 17.3 Å². The number of rotatable bonds is 8. The molecule has 0 heterocycles. The van der Waals surface area contributed by atoms with Crippen LogP contribution in [0.5, 0.6) is 11.5 Å². The number of hydrogen-bond donors (Lipinski definition) is 0. The Balaban J connectivity index is 1.61. The number of allylic oxidation sites excluding steroid dienone is 1. The van der Waals surface area contributed by atoms with Crippen LogP contribution in [0.4, 0.5) is 0 Å². The first-order valence-corrected chi connectivity index (χ1v) is 10.6. The maximum absolute atomic E-state index is 12.8. The topological polar surface area (TPSA) is 61.8 Å². The van der Waals surface area contributed by atoms with E-state index in [4.69, 9.17) is 14.2 Å². The summed E-state index contributed by atoms with van der Waals surface area (Å²) in [5.41, 5.74) is 0.594. The minimum Gasteiger partial charge on any atom is -0.460 e. The molecule has 31 heavy (non-hydrogen) atoms. The monoisotopic (exact) mass is 422 g/mol. The minimum absolute atomic E-state index is 0.0559. The smallest absolute Gasteiger partial charge is 0.330 e. The van der Waals surface area contributed by atoms with E-state index in [0.717, 1.165) is 11.3 Å². The van der Waals surface area contributed by atoms with Crippen molar-refractivity contribution in [3.05, 3.63) is 72.3 Å². The fourth-order valence-corrected chi connectivity index (χ4v) is 3.71. The van der Waals surface area contributed by atoms with Crippen LogP contribution in [0.15, 0.2) is 66.7 Å². The minimum atomic E-state index is -0.418. The quantitative estimate of drug-likeness (QED) is 0.394. The third-order valence-electron chi connectivity index (χ3n) is 5.56. The number of para-hydroxylation sites is 1. The summed E-state index contributed by atoms with van der Waals surface area (Å²) in [5, 5.41) is 0. The lowest BCUT2D eigenvalue weighted by Gasteiger charge is -2.15. The molecule has 1 fully saturated rings. The van der Waals surface area contributed by atoms with Gasteiger partial charge in [-0.1, -0.05) is 50.3 Å². The Hall–Kier alpha value is -3.08. The van der Waals surface area contributed by atoms with Gasteiger partial charge in [0.2, 0.25) is 0 Å². The van der Waals surface area contributed by atoms with E-state index >= 15 is 0 Å². The number of benzene rings is 2. The van der Waals surface area contributed by atoms with Crippen LogP contribution in [0.2, 0.25) is 0 Å². The van der Waals surface area contributed by atoms with Gasteiger partial charge < -0.3 is 14.2 Å². The highest BCUT2D eigenvalue weighted by Crippen LogP contribution is 2.59. The zero-order chi connectivity index (χ0) is 22.6. The van der Waals surface area contributed by atoms with Gasteiger partial charge in [-0.05, 0) is 61.9 Å². The van der Waals surface area contributed by atoms with Gasteiger partial charge in [0.05, 0.1) is 12.0 Å². The molecule has 1 aliphatic rings. The molecule has 1 aliphatic carbocycles. The highest BCUT2D eigenvalue weighted by atomic mass is 16.5. The Morgan fingerprint density at radius 3 is 2.29 bits per heavy atom. The van der Waals surface area contributed by atoms with Gasteiger partial charge in [0, 0.05) is 6.08 Å². The summed E-state index contributed by atoms with van der Waals surface area (Å²) in [4.78, 5) is 24.6. The van der Waals surface area contributed by atoms with Gasteiger partial charge >= 0.3 is 11.9 Å². The molecule has 3 rings (SSSR count). The van der Waals surface area contributed by atoms with Crippen LogP contribution in [-0.2, 0) is 19.1 Å². The maximum Gasteiger partial charge on any atom is 0.330 e. The molecule has 0 radical (unpaired) electrons. The molecule has 1 saturated carbocycles. The fraction of sp³-hybridized carbons (Fsp3) is 0.385. The predicted octanol–water partition coefficient (Wildman–Crippen LogP) is 5.86. The Labute approximate surface area is 184 Å². The van der Waals surface area contributed by atoms with Crippen molar-refractivity contribution in [3.8, 4) is 11.5 Å². The molecule has 0 bridgehead atoms. The van der Waals surface area contributed by atoms with Gasteiger partial charge in [-0.2, -0.15) is 0 Å². The Bertz CT molecular complexity index is 945. The van der Waals surface area contributed by atoms with Gasteiger partial charge in [0.25, 0.3) is 0 Å². The van der Waals surface area contributed by atoms with Gasteiger partial charge in [-0.3, -0.25) is 4.79 Å². The molecule has 0 amide bonds. The van der Waals surface area contributed by atoms with Crippen LogP contribution >= 0.6 is 0 Å². The van der Waals surface area contributed by atoms with Crippen LogP contribution in [0.3, 0.4) is 0 Å². The van der Waals surface area contributed by atoms with Crippen molar-refractivity contribution < 1.29 is 23.8 Å². The van der Waals surface area contributed by atoms with E-state index in [9.17, 15) is 9.59 Å². The van der Waals surface area contributed by atoms with E-state index < -0.39 is 12.1 Å². The zero-order valence-electron chi connectivity index (χ0n) is 18.7.